The lowest BCUT2D eigenvalue weighted by Gasteiger charge is -2.32. The van der Waals surface area contributed by atoms with Crippen LogP contribution in [0.25, 0.3) is 16.4 Å². The number of imidazole rings is 1. The van der Waals surface area contributed by atoms with Gasteiger partial charge in [0.25, 0.3) is 11.8 Å². The summed E-state index contributed by atoms with van der Waals surface area (Å²) in [4.78, 5) is 36.4. The molecule has 1 saturated heterocycles. The van der Waals surface area contributed by atoms with Gasteiger partial charge in [0, 0.05) is 61.6 Å². The molecule has 1 N–H and O–H groups in total. The van der Waals surface area contributed by atoms with E-state index in [-0.39, 0.29) is 11.8 Å². The van der Waals surface area contributed by atoms with Gasteiger partial charge >= 0.3 is 0 Å². The van der Waals surface area contributed by atoms with Crippen LogP contribution in [0, 0.1) is 0 Å². The van der Waals surface area contributed by atoms with Crippen molar-refractivity contribution in [3.63, 3.8) is 0 Å². The van der Waals surface area contributed by atoms with Crippen LogP contribution < -0.4 is 5.32 Å². The van der Waals surface area contributed by atoms with E-state index in [9.17, 15) is 9.59 Å². The quantitative estimate of drug-likeness (QED) is 0.383. The van der Waals surface area contributed by atoms with Gasteiger partial charge in [0.15, 0.2) is 0 Å². The van der Waals surface area contributed by atoms with Crippen LogP contribution >= 0.6 is 0 Å². The molecule has 0 aliphatic carbocycles. The summed E-state index contributed by atoms with van der Waals surface area (Å²) in [5, 5.41) is 4.92. The van der Waals surface area contributed by atoms with Gasteiger partial charge in [-0.3, -0.25) is 14.6 Å². The largest absolute Gasteiger partial charge is 0.348 e. The summed E-state index contributed by atoms with van der Waals surface area (Å²) in [6.07, 6.45) is 10.8. The lowest BCUT2D eigenvalue weighted by Crippen LogP contribution is -2.38. The zero-order chi connectivity index (χ0) is 25.2. The fourth-order valence-corrected chi connectivity index (χ4v) is 5.13. The molecule has 0 bridgehead atoms. The number of hydrogen-bond donors (Lipinski definition) is 1. The monoisotopic (exact) mass is 489 g/mol. The summed E-state index contributed by atoms with van der Waals surface area (Å²) < 4.78 is 1.94. The summed E-state index contributed by atoms with van der Waals surface area (Å²) in [6, 6.07) is 19.7. The molecule has 37 heavy (non-hydrogen) atoms. The average molecular weight is 490 g/mol. The molecule has 5 aromatic rings. The number of hydrogen-bond acceptors (Lipinski definition) is 4. The van der Waals surface area contributed by atoms with Gasteiger partial charge in [-0.2, -0.15) is 0 Å². The number of carbonyl (C=O) groups is 2. The molecule has 4 heterocycles. The number of benzene rings is 2. The normalized spacial score (nSPS) is 14.2. The van der Waals surface area contributed by atoms with Crippen LogP contribution in [-0.2, 0) is 6.54 Å². The number of carbonyl (C=O) groups excluding carboxylic acids is 2. The van der Waals surface area contributed by atoms with Gasteiger partial charge in [-0.1, -0.05) is 36.4 Å². The Bertz CT molecular complexity index is 1580. The standard InChI is InChI=1S/C30H27N5O2/c36-29(33-18-21-9-13-34-16-12-32-28(34)17-21)24-7-5-22(6-8-24)23-10-14-35(15-11-23)30(37)27-20-31-19-25-3-1-2-4-26(25)27/h1-9,12-13,16-17,19-20,23H,10-11,14-15,18H2,(H,33,36). The number of amides is 2. The molecule has 184 valence electrons. The van der Waals surface area contributed by atoms with Gasteiger partial charge in [-0.05, 0) is 59.5 Å². The Balaban J connectivity index is 1.05. The van der Waals surface area contributed by atoms with Gasteiger partial charge in [-0.25, -0.2) is 4.98 Å². The molecule has 3 aromatic heterocycles. The Morgan fingerprint density at radius 1 is 0.946 bits per heavy atom. The van der Waals surface area contributed by atoms with Crippen molar-refractivity contribution >= 4 is 28.2 Å². The fraction of sp³-hybridized carbons (Fsp3) is 0.200. The zero-order valence-corrected chi connectivity index (χ0v) is 20.4. The Morgan fingerprint density at radius 2 is 1.76 bits per heavy atom. The van der Waals surface area contributed by atoms with E-state index in [4.69, 9.17) is 0 Å². The minimum absolute atomic E-state index is 0.0432. The summed E-state index contributed by atoms with van der Waals surface area (Å²) in [5.74, 6) is 0.314. The second-order valence-electron chi connectivity index (χ2n) is 9.51. The van der Waals surface area contributed by atoms with E-state index in [1.165, 1.54) is 5.56 Å². The second kappa shape index (κ2) is 9.85. The summed E-state index contributed by atoms with van der Waals surface area (Å²) >= 11 is 0. The Labute approximate surface area is 214 Å². The maximum atomic E-state index is 13.2. The van der Waals surface area contributed by atoms with E-state index in [0.29, 0.717) is 36.7 Å². The highest BCUT2D eigenvalue weighted by Gasteiger charge is 2.25. The van der Waals surface area contributed by atoms with E-state index in [2.05, 4.69) is 15.3 Å². The van der Waals surface area contributed by atoms with Crippen LogP contribution in [0.15, 0.2) is 91.6 Å². The molecule has 0 atom stereocenters. The molecule has 0 radical (unpaired) electrons. The van der Waals surface area contributed by atoms with Gasteiger partial charge < -0.3 is 14.6 Å². The number of fused-ring (bicyclic) bond motifs is 2. The van der Waals surface area contributed by atoms with E-state index in [1.54, 1.807) is 18.6 Å². The van der Waals surface area contributed by atoms with Crippen molar-refractivity contribution in [2.24, 2.45) is 0 Å². The lowest BCUT2D eigenvalue weighted by molar-refractivity contribution is 0.0714. The number of pyridine rings is 2. The lowest BCUT2D eigenvalue weighted by atomic mass is 9.88. The van der Waals surface area contributed by atoms with E-state index in [0.717, 1.165) is 34.8 Å². The average Bonchev–Trinajstić information content (AvgIpc) is 3.43. The molecule has 1 fully saturated rings. The molecule has 2 aromatic carbocycles. The maximum Gasteiger partial charge on any atom is 0.256 e. The first kappa shape index (κ1) is 22.9. The first-order valence-electron chi connectivity index (χ1n) is 12.6. The maximum absolute atomic E-state index is 13.2. The minimum atomic E-state index is -0.0983. The van der Waals surface area contributed by atoms with Crippen LogP contribution in [0.5, 0.6) is 0 Å². The predicted molar refractivity (Wildman–Crippen MR) is 142 cm³/mol. The third-order valence-corrected chi connectivity index (χ3v) is 7.24. The SMILES string of the molecule is O=C(NCc1ccn2ccnc2c1)c1ccc(C2CCN(C(=O)c3cncc4ccccc34)CC2)cc1. The molecule has 0 spiro atoms. The van der Waals surface area contributed by atoms with Crippen LogP contribution in [0.1, 0.15) is 50.6 Å². The topological polar surface area (TPSA) is 79.6 Å². The summed E-state index contributed by atoms with van der Waals surface area (Å²) in [7, 11) is 0. The van der Waals surface area contributed by atoms with Crippen molar-refractivity contribution < 1.29 is 9.59 Å². The van der Waals surface area contributed by atoms with E-state index < -0.39 is 0 Å². The molecule has 2 amide bonds. The highest BCUT2D eigenvalue weighted by molar-refractivity contribution is 6.06. The van der Waals surface area contributed by atoms with Gasteiger partial charge in [0.05, 0.1) is 5.56 Å². The molecule has 7 nitrogen and oxygen atoms in total. The van der Waals surface area contributed by atoms with Crippen molar-refractivity contribution in [1.29, 1.82) is 0 Å². The van der Waals surface area contributed by atoms with Crippen molar-refractivity contribution in [3.05, 3.63) is 114 Å². The number of nitrogens with zero attached hydrogens (tertiary/aromatic N) is 4. The van der Waals surface area contributed by atoms with Gasteiger partial charge in [-0.15, -0.1) is 0 Å². The Morgan fingerprint density at radius 3 is 2.59 bits per heavy atom. The Kier molecular flexibility index (Phi) is 6.10. The first-order chi connectivity index (χ1) is 18.2. The molecule has 6 rings (SSSR count). The second-order valence-corrected chi connectivity index (χ2v) is 9.51. The smallest absolute Gasteiger partial charge is 0.256 e. The molecular weight excluding hydrogens is 462 g/mol. The summed E-state index contributed by atoms with van der Waals surface area (Å²) in [6.45, 7) is 1.86. The highest BCUT2D eigenvalue weighted by atomic mass is 16.2. The van der Waals surface area contributed by atoms with E-state index >= 15 is 0 Å². The van der Waals surface area contributed by atoms with E-state index in [1.807, 2.05) is 82.4 Å². The van der Waals surface area contributed by atoms with Crippen LogP contribution in [0.4, 0.5) is 0 Å². The molecule has 7 heteroatoms. The van der Waals surface area contributed by atoms with Crippen molar-refractivity contribution in [2.75, 3.05) is 13.1 Å². The molecule has 0 saturated carbocycles. The third-order valence-electron chi connectivity index (χ3n) is 7.24. The molecular formula is C30H27N5O2. The van der Waals surface area contributed by atoms with Gasteiger partial charge in [0.2, 0.25) is 0 Å². The first-order valence-corrected chi connectivity index (χ1v) is 12.6. The number of rotatable bonds is 5. The van der Waals surface area contributed by atoms with Gasteiger partial charge in [0.1, 0.15) is 5.65 Å². The van der Waals surface area contributed by atoms with Crippen LogP contribution in [0.3, 0.4) is 0 Å². The zero-order valence-electron chi connectivity index (χ0n) is 20.4. The molecule has 0 unspecified atom stereocenters. The number of nitrogens with one attached hydrogen (secondary N) is 1. The number of piperidine rings is 1. The number of aromatic nitrogens is 3. The van der Waals surface area contributed by atoms with Crippen molar-refractivity contribution in [2.45, 2.75) is 25.3 Å². The third kappa shape index (κ3) is 4.68. The van der Waals surface area contributed by atoms with Crippen LogP contribution in [-0.4, -0.2) is 44.2 Å². The Hall–Kier alpha value is -4.52. The predicted octanol–water partition coefficient (Wildman–Crippen LogP) is 4.83. The molecule has 1 aliphatic heterocycles. The van der Waals surface area contributed by atoms with Crippen molar-refractivity contribution in [1.82, 2.24) is 24.6 Å². The summed E-state index contributed by atoms with van der Waals surface area (Å²) in [5.41, 5.74) is 4.38. The number of likely N-dealkylation sites (tertiary alicyclic amines) is 1. The highest BCUT2D eigenvalue weighted by Crippen LogP contribution is 2.29. The molecule has 1 aliphatic rings. The van der Waals surface area contributed by atoms with Crippen LogP contribution in [0.2, 0.25) is 0 Å². The van der Waals surface area contributed by atoms with Crippen molar-refractivity contribution in [3.8, 4) is 0 Å². The fourth-order valence-electron chi connectivity index (χ4n) is 5.13. The minimum Gasteiger partial charge on any atom is -0.348 e.